The van der Waals surface area contributed by atoms with Crippen LogP contribution in [0.1, 0.15) is 38.2 Å². The summed E-state index contributed by atoms with van der Waals surface area (Å²) >= 11 is 0. The second-order valence-electron chi connectivity index (χ2n) is 5.63. The van der Waals surface area contributed by atoms with E-state index in [2.05, 4.69) is 10.6 Å². The third kappa shape index (κ3) is 4.29. The van der Waals surface area contributed by atoms with Crippen LogP contribution in [0.4, 0.5) is 11.4 Å². The van der Waals surface area contributed by atoms with Crippen molar-refractivity contribution in [2.24, 2.45) is 11.7 Å². The van der Waals surface area contributed by atoms with Crippen LogP contribution >= 0.6 is 0 Å². The van der Waals surface area contributed by atoms with Gasteiger partial charge >= 0.3 is 0 Å². The van der Waals surface area contributed by atoms with Crippen molar-refractivity contribution in [1.82, 2.24) is 0 Å². The molecule has 0 bridgehead atoms. The summed E-state index contributed by atoms with van der Waals surface area (Å²) in [7, 11) is 0. The maximum atomic E-state index is 12.0. The fourth-order valence-corrected chi connectivity index (χ4v) is 2.25. The minimum Gasteiger partial charge on any atom is -0.327 e. The van der Waals surface area contributed by atoms with E-state index in [1.165, 1.54) is 0 Å². The van der Waals surface area contributed by atoms with Crippen molar-refractivity contribution in [3.63, 3.8) is 0 Å². The quantitative estimate of drug-likeness (QED) is 0.752. The van der Waals surface area contributed by atoms with E-state index >= 15 is 0 Å². The summed E-state index contributed by atoms with van der Waals surface area (Å²) < 4.78 is 0. The third-order valence-electron chi connectivity index (χ3n) is 3.85. The molecule has 4 N–H and O–H groups in total. The Hall–Kier alpha value is -1.88. The zero-order valence-corrected chi connectivity index (χ0v) is 12.6. The molecule has 0 spiro atoms. The fourth-order valence-electron chi connectivity index (χ4n) is 2.25. The van der Waals surface area contributed by atoms with Crippen molar-refractivity contribution in [2.45, 2.75) is 45.6 Å². The molecule has 21 heavy (non-hydrogen) atoms. The van der Waals surface area contributed by atoms with Gasteiger partial charge in [-0.05, 0) is 43.4 Å². The standard InChI is InChI=1S/C16H23N3O2/c1-3-15(20)18-13-5-4-6-14(10(13)2)19-16(21)9-12(17)11-7-8-11/h4-6,11-12H,3,7-9,17H2,1-2H3,(H,18,20)(H,19,21). The molecule has 1 saturated carbocycles. The highest BCUT2D eigenvalue weighted by molar-refractivity contribution is 5.95. The maximum Gasteiger partial charge on any atom is 0.225 e. The van der Waals surface area contributed by atoms with Gasteiger partial charge in [0.25, 0.3) is 0 Å². The van der Waals surface area contributed by atoms with Gasteiger partial charge < -0.3 is 16.4 Å². The lowest BCUT2D eigenvalue weighted by molar-refractivity contribution is -0.117. The van der Waals surface area contributed by atoms with Gasteiger partial charge in [-0.3, -0.25) is 9.59 Å². The summed E-state index contributed by atoms with van der Waals surface area (Å²) in [5, 5.41) is 5.71. The molecular formula is C16H23N3O2. The van der Waals surface area contributed by atoms with Gasteiger partial charge in [-0.15, -0.1) is 0 Å². The average molecular weight is 289 g/mol. The van der Waals surface area contributed by atoms with Crippen molar-refractivity contribution >= 4 is 23.2 Å². The summed E-state index contributed by atoms with van der Waals surface area (Å²) in [6, 6.07) is 5.43. The molecule has 1 fully saturated rings. The van der Waals surface area contributed by atoms with Gasteiger partial charge in [0.2, 0.25) is 11.8 Å². The highest BCUT2D eigenvalue weighted by Crippen LogP contribution is 2.33. The van der Waals surface area contributed by atoms with Crippen molar-refractivity contribution in [3.8, 4) is 0 Å². The summed E-state index contributed by atoms with van der Waals surface area (Å²) in [5.74, 6) is 0.390. The van der Waals surface area contributed by atoms with E-state index in [1.54, 1.807) is 6.92 Å². The third-order valence-corrected chi connectivity index (χ3v) is 3.85. The first-order chi connectivity index (χ1) is 10.0. The number of nitrogens with one attached hydrogen (secondary N) is 2. The second-order valence-corrected chi connectivity index (χ2v) is 5.63. The van der Waals surface area contributed by atoms with Gasteiger partial charge in [0, 0.05) is 30.3 Å². The van der Waals surface area contributed by atoms with E-state index < -0.39 is 0 Å². The topological polar surface area (TPSA) is 84.2 Å². The smallest absolute Gasteiger partial charge is 0.225 e. The first kappa shape index (κ1) is 15.5. The van der Waals surface area contributed by atoms with E-state index in [1.807, 2.05) is 25.1 Å². The predicted octanol–water partition coefficient (Wildman–Crippen LogP) is 2.41. The molecule has 114 valence electrons. The number of rotatable bonds is 6. The van der Waals surface area contributed by atoms with Crippen LogP contribution in [0.25, 0.3) is 0 Å². The lowest BCUT2D eigenvalue weighted by Crippen LogP contribution is -2.29. The number of benzene rings is 1. The van der Waals surface area contributed by atoms with Gasteiger partial charge in [0.05, 0.1) is 0 Å². The molecular weight excluding hydrogens is 266 g/mol. The Morgan fingerprint density at radius 3 is 2.33 bits per heavy atom. The molecule has 1 unspecified atom stereocenters. The number of hydrogen-bond acceptors (Lipinski definition) is 3. The zero-order valence-electron chi connectivity index (χ0n) is 12.6. The molecule has 0 aliphatic heterocycles. The van der Waals surface area contributed by atoms with E-state index in [4.69, 9.17) is 5.73 Å². The predicted molar refractivity (Wildman–Crippen MR) is 84.0 cm³/mol. The van der Waals surface area contributed by atoms with Gasteiger partial charge in [0.1, 0.15) is 0 Å². The molecule has 2 rings (SSSR count). The molecule has 5 heteroatoms. The minimum absolute atomic E-state index is 0.0441. The van der Waals surface area contributed by atoms with E-state index in [-0.39, 0.29) is 17.9 Å². The van der Waals surface area contributed by atoms with E-state index in [9.17, 15) is 9.59 Å². The molecule has 1 aliphatic rings. The first-order valence-corrected chi connectivity index (χ1v) is 7.46. The van der Waals surface area contributed by atoms with Crippen molar-refractivity contribution in [3.05, 3.63) is 23.8 Å². The number of carbonyl (C=O) groups is 2. The largest absolute Gasteiger partial charge is 0.327 e. The second kappa shape index (κ2) is 6.72. The molecule has 0 heterocycles. The van der Waals surface area contributed by atoms with Gasteiger partial charge in [-0.2, -0.15) is 0 Å². The van der Waals surface area contributed by atoms with Crippen molar-refractivity contribution in [1.29, 1.82) is 0 Å². The van der Waals surface area contributed by atoms with Crippen LogP contribution in [0.15, 0.2) is 18.2 Å². The molecule has 1 aliphatic carbocycles. The van der Waals surface area contributed by atoms with Crippen LogP contribution in [0.2, 0.25) is 0 Å². The highest BCUT2D eigenvalue weighted by atomic mass is 16.2. The summed E-state index contributed by atoms with van der Waals surface area (Å²) in [4.78, 5) is 23.5. The van der Waals surface area contributed by atoms with Crippen LogP contribution in [-0.4, -0.2) is 17.9 Å². The Labute approximate surface area is 125 Å². The zero-order chi connectivity index (χ0) is 15.4. The monoisotopic (exact) mass is 289 g/mol. The van der Waals surface area contributed by atoms with Crippen LogP contribution in [0.3, 0.4) is 0 Å². The number of anilines is 2. The Kier molecular flexibility index (Phi) is 4.96. The number of hydrogen-bond donors (Lipinski definition) is 3. The van der Waals surface area contributed by atoms with Gasteiger partial charge in [-0.25, -0.2) is 0 Å². The lowest BCUT2D eigenvalue weighted by Gasteiger charge is -2.15. The Bertz CT molecular complexity index is 538. The molecule has 0 aromatic heterocycles. The van der Waals surface area contributed by atoms with Gasteiger partial charge in [0.15, 0.2) is 0 Å². The lowest BCUT2D eigenvalue weighted by atomic mass is 10.1. The Morgan fingerprint density at radius 2 is 1.81 bits per heavy atom. The number of carbonyl (C=O) groups excluding carboxylic acids is 2. The van der Waals surface area contributed by atoms with E-state index in [0.717, 1.165) is 29.8 Å². The molecule has 1 aromatic rings. The minimum atomic E-state index is -0.0727. The van der Waals surface area contributed by atoms with Gasteiger partial charge in [-0.1, -0.05) is 13.0 Å². The van der Waals surface area contributed by atoms with Crippen LogP contribution < -0.4 is 16.4 Å². The number of nitrogens with two attached hydrogens (primary N) is 1. The SMILES string of the molecule is CCC(=O)Nc1cccc(NC(=O)CC(N)C2CC2)c1C. The van der Waals surface area contributed by atoms with E-state index in [0.29, 0.717) is 18.8 Å². The molecule has 0 radical (unpaired) electrons. The Morgan fingerprint density at radius 1 is 1.24 bits per heavy atom. The van der Waals surface area contributed by atoms with Crippen LogP contribution in [0, 0.1) is 12.8 Å². The molecule has 2 amide bonds. The summed E-state index contributed by atoms with van der Waals surface area (Å²) in [6.07, 6.45) is 3.03. The molecule has 1 atom stereocenters. The normalized spacial score (nSPS) is 15.4. The first-order valence-electron chi connectivity index (χ1n) is 7.46. The van der Waals surface area contributed by atoms with Crippen molar-refractivity contribution in [2.75, 3.05) is 10.6 Å². The fraction of sp³-hybridized carbons (Fsp3) is 0.500. The number of amides is 2. The molecule has 1 aromatic carbocycles. The molecule has 0 saturated heterocycles. The highest BCUT2D eigenvalue weighted by Gasteiger charge is 2.29. The summed E-state index contributed by atoms with van der Waals surface area (Å²) in [6.45, 7) is 3.68. The van der Waals surface area contributed by atoms with Crippen LogP contribution in [-0.2, 0) is 9.59 Å². The van der Waals surface area contributed by atoms with Crippen molar-refractivity contribution < 1.29 is 9.59 Å². The summed E-state index contributed by atoms with van der Waals surface area (Å²) in [5.41, 5.74) is 8.27. The van der Waals surface area contributed by atoms with Crippen LogP contribution in [0.5, 0.6) is 0 Å². The molecule has 5 nitrogen and oxygen atoms in total. The maximum absolute atomic E-state index is 12.0. The average Bonchev–Trinajstić information content (AvgIpc) is 3.27. The Balaban J connectivity index is 2.00.